The average Bonchev–Trinajstić information content (AvgIpc) is 2.59. The van der Waals surface area contributed by atoms with Crippen molar-refractivity contribution in [2.45, 2.75) is 6.92 Å². The molecule has 2 heterocycles. The average molecular weight is 349 g/mol. The first-order valence-electron chi connectivity index (χ1n) is 7.73. The summed E-state index contributed by atoms with van der Waals surface area (Å²) in [6.07, 6.45) is 1.57. The maximum atomic E-state index is 13.8. The monoisotopic (exact) mass is 348 g/mol. The molecule has 24 heavy (non-hydrogen) atoms. The number of carbonyl (C=O) groups excluding carboxylic acids is 1. The maximum Gasteiger partial charge on any atom is 0.322 e. The minimum atomic E-state index is -0.345. The van der Waals surface area contributed by atoms with E-state index in [9.17, 15) is 9.18 Å². The molecule has 0 saturated carbocycles. The van der Waals surface area contributed by atoms with Crippen LogP contribution in [-0.2, 0) is 0 Å². The van der Waals surface area contributed by atoms with Crippen molar-refractivity contribution in [1.29, 1.82) is 0 Å². The Bertz CT molecular complexity index is 727. The van der Waals surface area contributed by atoms with Crippen molar-refractivity contribution in [3.63, 3.8) is 0 Å². The molecule has 0 spiro atoms. The molecule has 2 amide bonds. The van der Waals surface area contributed by atoms with Gasteiger partial charge in [-0.15, -0.1) is 0 Å². The number of rotatable bonds is 2. The zero-order valence-corrected chi connectivity index (χ0v) is 14.1. The number of aromatic nitrogens is 1. The fourth-order valence-corrected chi connectivity index (χ4v) is 2.98. The Labute approximate surface area is 145 Å². The molecule has 3 rings (SSSR count). The number of para-hydroxylation sites is 1. The van der Waals surface area contributed by atoms with Crippen molar-refractivity contribution in [3.05, 3.63) is 52.9 Å². The van der Waals surface area contributed by atoms with Crippen molar-refractivity contribution < 1.29 is 9.18 Å². The normalized spacial score (nSPS) is 14.6. The summed E-state index contributed by atoms with van der Waals surface area (Å²) in [6.45, 7) is 3.94. The summed E-state index contributed by atoms with van der Waals surface area (Å²) in [4.78, 5) is 20.0. The van der Waals surface area contributed by atoms with Crippen LogP contribution in [0.25, 0.3) is 0 Å². The third-order valence-corrected chi connectivity index (χ3v) is 4.37. The summed E-state index contributed by atoms with van der Waals surface area (Å²) in [7, 11) is 0. The first kappa shape index (κ1) is 16.5. The number of pyridine rings is 1. The molecule has 0 aliphatic carbocycles. The largest absolute Gasteiger partial charge is 0.351 e. The Morgan fingerprint density at radius 2 is 1.96 bits per heavy atom. The predicted molar refractivity (Wildman–Crippen MR) is 93.2 cm³/mol. The van der Waals surface area contributed by atoms with E-state index in [1.54, 1.807) is 23.2 Å². The summed E-state index contributed by atoms with van der Waals surface area (Å²) in [5.41, 5.74) is 1.53. The van der Waals surface area contributed by atoms with Gasteiger partial charge in [0.05, 0.1) is 10.7 Å². The lowest BCUT2D eigenvalue weighted by molar-refractivity contribution is 0.208. The maximum absolute atomic E-state index is 13.8. The molecular weight excluding hydrogens is 331 g/mol. The molecule has 2 aromatic rings. The van der Waals surface area contributed by atoms with Crippen LogP contribution in [0.2, 0.25) is 5.02 Å². The van der Waals surface area contributed by atoms with E-state index in [2.05, 4.69) is 10.3 Å². The van der Waals surface area contributed by atoms with Crippen LogP contribution >= 0.6 is 11.6 Å². The van der Waals surface area contributed by atoms with E-state index in [1.807, 2.05) is 24.0 Å². The molecule has 0 radical (unpaired) electrons. The smallest absolute Gasteiger partial charge is 0.322 e. The Hall–Kier alpha value is -2.34. The number of anilines is 2. The Morgan fingerprint density at radius 1 is 1.21 bits per heavy atom. The van der Waals surface area contributed by atoms with E-state index in [0.29, 0.717) is 42.7 Å². The Balaban J connectivity index is 1.62. The fraction of sp³-hybridized carbons (Fsp3) is 0.294. The highest BCUT2D eigenvalue weighted by Crippen LogP contribution is 2.26. The second-order valence-corrected chi connectivity index (χ2v) is 6.05. The number of aryl methyl sites for hydroxylation is 1. The third kappa shape index (κ3) is 3.43. The number of nitrogens with zero attached hydrogens (tertiary/aromatic N) is 3. The summed E-state index contributed by atoms with van der Waals surface area (Å²) in [5, 5.41) is 3.37. The molecule has 0 atom stereocenters. The van der Waals surface area contributed by atoms with Gasteiger partial charge in [-0.3, -0.25) is 0 Å². The molecular formula is C17H18ClFN4O. The number of halogens is 2. The summed E-state index contributed by atoms with van der Waals surface area (Å²) >= 11 is 6.14. The molecule has 7 heteroatoms. The van der Waals surface area contributed by atoms with E-state index in [4.69, 9.17) is 11.6 Å². The van der Waals surface area contributed by atoms with Gasteiger partial charge in [0.25, 0.3) is 0 Å². The van der Waals surface area contributed by atoms with Crippen LogP contribution < -0.4 is 10.2 Å². The first-order valence-corrected chi connectivity index (χ1v) is 8.10. The molecule has 1 aromatic heterocycles. The van der Waals surface area contributed by atoms with Gasteiger partial charge in [0.1, 0.15) is 0 Å². The van der Waals surface area contributed by atoms with Crippen LogP contribution in [0.1, 0.15) is 5.56 Å². The van der Waals surface area contributed by atoms with Crippen LogP contribution in [0.4, 0.5) is 20.7 Å². The zero-order valence-electron chi connectivity index (χ0n) is 13.3. The second kappa shape index (κ2) is 7.05. The SMILES string of the molecule is Cc1cccc(Cl)c1NC(=O)N1CCN(c2ncccc2F)CC1. The Morgan fingerprint density at radius 3 is 2.62 bits per heavy atom. The molecule has 1 saturated heterocycles. The van der Waals surface area contributed by atoms with Crippen LogP contribution in [-0.4, -0.2) is 42.1 Å². The van der Waals surface area contributed by atoms with Crippen LogP contribution in [0.3, 0.4) is 0 Å². The number of piperazine rings is 1. The highest BCUT2D eigenvalue weighted by atomic mass is 35.5. The number of amides is 2. The van der Waals surface area contributed by atoms with Gasteiger partial charge in [-0.1, -0.05) is 23.7 Å². The van der Waals surface area contributed by atoms with E-state index in [-0.39, 0.29) is 11.8 Å². The second-order valence-electron chi connectivity index (χ2n) is 5.64. The number of hydrogen-bond acceptors (Lipinski definition) is 3. The number of carbonyl (C=O) groups is 1. The highest BCUT2D eigenvalue weighted by Gasteiger charge is 2.24. The quantitative estimate of drug-likeness (QED) is 0.903. The minimum absolute atomic E-state index is 0.202. The molecule has 0 unspecified atom stereocenters. The molecule has 1 aliphatic heterocycles. The van der Waals surface area contributed by atoms with Gasteiger partial charge in [0.2, 0.25) is 0 Å². The van der Waals surface area contributed by atoms with Gasteiger partial charge in [0.15, 0.2) is 11.6 Å². The number of benzene rings is 1. The lowest BCUT2D eigenvalue weighted by Crippen LogP contribution is -2.50. The van der Waals surface area contributed by atoms with E-state index in [0.717, 1.165) is 5.56 Å². The number of nitrogens with one attached hydrogen (secondary N) is 1. The summed E-state index contributed by atoms with van der Waals surface area (Å²) in [6, 6.07) is 8.23. The van der Waals surface area contributed by atoms with E-state index < -0.39 is 0 Å². The molecule has 1 fully saturated rings. The minimum Gasteiger partial charge on any atom is -0.351 e. The van der Waals surface area contributed by atoms with Crippen molar-refractivity contribution in [1.82, 2.24) is 9.88 Å². The lowest BCUT2D eigenvalue weighted by Gasteiger charge is -2.35. The zero-order chi connectivity index (χ0) is 17.1. The molecule has 1 aliphatic rings. The van der Waals surface area contributed by atoms with E-state index in [1.165, 1.54) is 6.07 Å². The summed E-state index contributed by atoms with van der Waals surface area (Å²) < 4.78 is 13.8. The first-order chi connectivity index (χ1) is 11.6. The van der Waals surface area contributed by atoms with E-state index >= 15 is 0 Å². The van der Waals surface area contributed by atoms with Crippen molar-refractivity contribution in [2.75, 3.05) is 36.4 Å². The van der Waals surface area contributed by atoms with Crippen molar-refractivity contribution >= 4 is 29.1 Å². The molecule has 1 N–H and O–H groups in total. The standard InChI is InChI=1S/C17H18ClFN4O/c1-12-4-2-5-13(18)15(12)21-17(24)23-10-8-22(9-11-23)16-14(19)6-3-7-20-16/h2-7H,8-11H2,1H3,(H,21,24). The summed E-state index contributed by atoms with van der Waals surface area (Å²) in [5.74, 6) is -0.0124. The molecule has 1 aromatic carbocycles. The lowest BCUT2D eigenvalue weighted by atomic mass is 10.2. The van der Waals surface area contributed by atoms with Gasteiger partial charge in [-0.2, -0.15) is 0 Å². The molecule has 126 valence electrons. The van der Waals surface area contributed by atoms with Gasteiger partial charge in [-0.05, 0) is 30.7 Å². The molecule has 0 bridgehead atoms. The Kier molecular flexibility index (Phi) is 4.85. The fourth-order valence-electron chi connectivity index (χ4n) is 2.71. The molecule has 5 nitrogen and oxygen atoms in total. The van der Waals surface area contributed by atoms with Crippen LogP contribution in [0.15, 0.2) is 36.5 Å². The number of hydrogen-bond donors (Lipinski definition) is 1. The topological polar surface area (TPSA) is 48.5 Å². The van der Waals surface area contributed by atoms with Crippen molar-refractivity contribution in [3.8, 4) is 0 Å². The van der Waals surface area contributed by atoms with Gasteiger partial charge in [-0.25, -0.2) is 14.2 Å². The highest BCUT2D eigenvalue weighted by molar-refractivity contribution is 6.33. The van der Waals surface area contributed by atoms with Gasteiger partial charge < -0.3 is 15.1 Å². The third-order valence-electron chi connectivity index (χ3n) is 4.06. The van der Waals surface area contributed by atoms with Gasteiger partial charge in [0, 0.05) is 32.4 Å². The van der Waals surface area contributed by atoms with Crippen molar-refractivity contribution in [2.24, 2.45) is 0 Å². The predicted octanol–water partition coefficient (Wildman–Crippen LogP) is 3.54. The number of urea groups is 1. The van der Waals surface area contributed by atoms with Crippen LogP contribution in [0, 0.1) is 12.7 Å². The van der Waals surface area contributed by atoms with Gasteiger partial charge >= 0.3 is 6.03 Å². The van der Waals surface area contributed by atoms with Crippen LogP contribution in [0.5, 0.6) is 0 Å².